The largest absolute Gasteiger partial charge is 0.353 e. The molecule has 9 heteroatoms. The SMILES string of the molecule is Cc1ccc([N+](=O)[O-])cc1S(=O)(=O)N1CCC(C(=O)N[C@H](C)[C@@H]2C[C@H]3CC[C@H]2C3)CC1. The standard InChI is InChI=1S/C22H31N3O5S/c1-14-3-6-19(25(27)28)13-21(14)31(29,30)24-9-7-17(8-10-24)22(26)23-15(2)20-12-16-4-5-18(20)11-16/h3,6,13,15-18,20H,4-5,7-12H2,1-2H3,(H,23,26)/t15-,16+,18+,20+/m1/s1. The topological polar surface area (TPSA) is 110 Å². The number of fused-ring (bicyclic) bond motifs is 2. The summed E-state index contributed by atoms with van der Waals surface area (Å²) in [5.41, 5.74) is 0.234. The molecule has 8 nitrogen and oxygen atoms in total. The van der Waals surface area contributed by atoms with Crippen molar-refractivity contribution in [3.8, 4) is 0 Å². The van der Waals surface area contributed by atoms with Crippen LogP contribution in [0.15, 0.2) is 23.1 Å². The number of rotatable bonds is 6. The number of amides is 1. The Bertz CT molecular complexity index is 971. The van der Waals surface area contributed by atoms with Crippen molar-refractivity contribution in [2.24, 2.45) is 23.7 Å². The molecular formula is C22H31N3O5S. The van der Waals surface area contributed by atoms with E-state index in [2.05, 4.69) is 12.2 Å². The lowest BCUT2D eigenvalue weighted by atomic mass is 9.83. The van der Waals surface area contributed by atoms with Gasteiger partial charge >= 0.3 is 0 Å². The van der Waals surface area contributed by atoms with Crippen molar-refractivity contribution in [3.05, 3.63) is 33.9 Å². The maximum absolute atomic E-state index is 13.1. The Balaban J connectivity index is 1.36. The molecule has 1 amide bonds. The van der Waals surface area contributed by atoms with Gasteiger partial charge in [0.1, 0.15) is 0 Å². The van der Waals surface area contributed by atoms with Gasteiger partial charge in [-0.1, -0.05) is 12.5 Å². The molecule has 0 aromatic heterocycles. The molecule has 1 aliphatic heterocycles. The Hall–Kier alpha value is -2.00. The molecule has 0 spiro atoms. The molecule has 1 aromatic carbocycles. The molecular weight excluding hydrogens is 418 g/mol. The van der Waals surface area contributed by atoms with E-state index in [1.165, 1.54) is 42.1 Å². The average molecular weight is 450 g/mol. The highest BCUT2D eigenvalue weighted by molar-refractivity contribution is 7.89. The summed E-state index contributed by atoms with van der Waals surface area (Å²) in [4.78, 5) is 23.3. The second-order valence-corrected chi connectivity index (χ2v) is 11.4. The van der Waals surface area contributed by atoms with E-state index in [1.54, 1.807) is 6.92 Å². The number of non-ortho nitro benzene ring substituents is 1. The number of benzene rings is 1. The maximum atomic E-state index is 13.1. The van der Waals surface area contributed by atoms with E-state index < -0.39 is 14.9 Å². The molecule has 3 fully saturated rings. The van der Waals surface area contributed by atoms with Crippen molar-refractivity contribution in [2.45, 2.75) is 63.3 Å². The van der Waals surface area contributed by atoms with Crippen LogP contribution in [-0.2, 0) is 14.8 Å². The fraction of sp³-hybridized carbons (Fsp3) is 0.682. The lowest BCUT2D eigenvalue weighted by molar-refractivity contribution is -0.385. The number of carbonyl (C=O) groups is 1. The molecule has 3 aliphatic rings. The Morgan fingerprint density at radius 1 is 1.19 bits per heavy atom. The second-order valence-electron chi connectivity index (χ2n) is 9.52. The third-order valence-corrected chi connectivity index (χ3v) is 9.67. The maximum Gasteiger partial charge on any atom is 0.270 e. The summed E-state index contributed by atoms with van der Waals surface area (Å²) in [6.45, 7) is 4.22. The summed E-state index contributed by atoms with van der Waals surface area (Å²) in [6.07, 6.45) is 6.05. The van der Waals surface area contributed by atoms with Gasteiger partial charge in [0, 0.05) is 37.2 Å². The van der Waals surface area contributed by atoms with Gasteiger partial charge in [-0.05, 0) is 69.3 Å². The fourth-order valence-electron chi connectivity index (χ4n) is 5.83. The molecule has 1 heterocycles. The van der Waals surface area contributed by atoms with Crippen LogP contribution >= 0.6 is 0 Å². The first kappa shape index (κ1) is 22.2. The zero-order valence-electron chi connectivity index (χ0n) is 18.1. The van der Waals surface area contributed by atoms with E-state index in [9.17, 15) is 23.3 Å². The molecule has 2 saturated carbocycles. The van der Waals surface area contributed by atoms with Crippen molar-refractivity contribution >= 4 is 21.6 Å². The highest BCUT2D eigenvalue weighted by Gasteiger charge is 2.42. The molecule has 1 N–H and O–H groups in total. The number of carbonyl (C=O) groups excluding carboxylic acids is 1. The molecule has 1 saturated heterocycles. The third-order valence-electron chi connectivity index (χ3n) is 7.63. The lowest BCUT2D eigenvalue weighted by Gasteiger charge is -2.33. The number of nitro groups is 1. The molecule has 0 unspecified atom stereocenters. The molecule has 2 aliphatic carbocycles. The van der Waals surface area contributed by atoms with E-state index in [-0.39, 0.29) is 41.5 Å². The first-order chi connectivity index (χ1) is 14.7. The summed E-state index contributed by atoms with van der Waals surface area (Å²) in [6, 6.07) is 4.06. The lowest BCUT2D eigenvalue weighted by Crippen LogP contribution is -2.47. The van der Waals surface area contributed by atoms with Gasteiger partial charge in [0.2, 0.25) is 15.9 Å². The minimum absolute atomic E-state index is 0.0267. The summed E-state index contributed by atoms with van der Waals surface area (Å²) in [5, 5.41) is 14.3. The van der Waals surface area contributed by atoms with E-state index in [4.69, 9.17) is 0 Å². The Morgan fingerprint density at radius 3 is 2.48 bits per heavy atom. The Morgan fingerprint density at radius 2 is 1.90 bits per heavy atom. The molecule has 0 radical (unpaired) electrons. The van der Waals surface area contributed by atoms with Crippen molar-refractivity contribution in [2.75, 3.05) is 13.1 Å². The predicted molar refractivity (Wildman–Crippen MR) is 116 cm³/mol. The molecule has 2 bridgehead atoms. The first-order valence-corrected chi connectivity index (χ1v) is 12.7. The summed E-state index contributed by atoms with van der Waals surface area (Å²) >= 11 is 0. The predicted octanol–water partition coefficient (Wildman–Crippen LogP) is 3.24. The van der Waals surface area contributed by atoms with Crippen LogP contribution in [0.5, 0.6) is 0 Å². The minimum Gasteiger partial charge on any atom is -0.353 e. The number of sulfonamides is 1. The zero-order valence-corrected chi connectivity index (χ0v) is 18.9. The number of nitro benzene ring substituents is 1. The second kappa shape index (κ2) is 8.50. The number of nitrogens with zero attached hydrogens (tertiary/aromatic N) is 2. The van der Waals surface area contributed by atoms with Crippen LogP contribution in [0.3, 0.4) is 0 Å². The van der Waals surface area contributed by atoms with Crippen molar-refractivity contribution in [1.29, 1.82) is 0 Å². The first-order valence-electron chi connectivity index (χ1n) is 11.2. The number of nitrogens with one attached hydrogen (secondary N) is 1. The van der Waals surface area contributed by atoms with Crippen LogP contribution in [0.1, 0.15) is 51.0 Å². The van der Waals surface area contributed by atoms with Crippen molar-refractivity contribution in [1.82, 2.24) is 9.62 Å². The van der Waals surface area contributed by atoms with Gasteiger partial charge in [0.25, 0.3) is 5.69 Å². The quantitative estimate of drug-likeness (QED) is 0.530. The average Bonchev–Trinajstić information content (AvgIpc) is 3.37. The molecule has 170 valence electrons. The van der Waals surface area contributed by atoms with Gasteiger partial charge in [0.15, 0.2) is 0 Å². The van der Waals surface area contributed by atoms with E-state index in [0.29, 0.717) is 24.3 Å². The van der Waals surface area contributed by atoms with Gasteiger partial charge in [-0.25, -0.2) is 8.42 Å². The molecule has 4 rings (SSSR count). The van der Waals surface area contributed by atoms with Crippen LogP contribution in [0, 0.1) is 40.7 Å². The number of aryl methyl sites for hydroxylation is 1. The van der Waals surface area contributed by atoms with Crippen LogP contribution in [0.4, 0.5) is 5.69 Å². The van der Waals surface area contributed by atoms with Gasteiger partial charge in [0.05, 0.1) is 9.82 Å². The highest BCUT2D eigenvalue weighted by atomic mass is 32.2. The van der Waals surface area contributed by atoms with Crippen LogP contribution in [-0.4, -0.2) is 42.7 Å². The normalized spacial score (nSPS) is 27.9. The van der Waals surface area contributed by atoms with Gasteiger partial charge in [-0.3, -0.25) is 14.9 Å². The summed E-state index contributed by atoms with van der Waals surface area (Å²) in [7, 11) is -3.84. The van der Waals surface area contributed by atoms with Crippen LogP contribution in [0.25, 0.3) is 0 Å². The van der Waals surface area contributed by atoms with E-state index in [0.717, 1.165) is 17.9 Å². The fourth-order valence-corrected chi connectivity index (χ4v) is 7.55. The third kappa shape index (κ3) is 4.35. The van der Waals surface area contributed by atoms with E-state index >= 15 is 0 Å². The number of piperidine rings is 1. The molecule has 1 aromatic rings. The van der Waals surface area contributed by atoms with Crippen molar-refractivity contribution < 1.29 is 18.1 Å². The summed E-state index contributed by atoms with van der Waals surface area (Å²) in [5.74, 6) is 1.98. The Labute approximate surface area is 183 Å². The van der Waals surface area contributed by atoms with Gasteiger partial charge in [-0.15, -0.1) is 0 Å². The van der Waals surface area contributed by atoms with Gasteiger partial charge in [-0.2, -0.15) is 4.31 Å². The molecule has 31 heavy (non-hydrogen) atoms. The van der Waals surface area contributed by atoms with Gasteiger partial charge < -0.3 is 5.32 Å². The van der Waals surface area contributed by atoms with E-state index in [1.807, 2.05) is 0 Å². The smallest absolute Gasteiger partial charge is 0.270 e. The Kier molecular flexibility index (Phi) is 6.09. The molecule has 4 atom stereocenters. The minimum atomic E-state index is -3.84. The zero-order chi connectivity index (χ0) is 22.3. The van der Waals surface area contributed by atoms with Crippen LogP contribution < -0.4 is 5.32 Å². The van der Waals surface area contributed by atoms with Crippen LogP contribution in [0.2, 0.25) is 0 Å². The monoisotopic (exact) mass is 449 g/mol. The van der Waals surface area contributed by atoms with Crippen molar-refractivity contribution in [3.63, 3.8) is 0 Å². The number of hydrogen-bond acceptors (Lipinski definition) is 5. The number of hydrogen-bond donors (Lipinski definition) is 1. The highest BCUT2D eigenvalue weighted by Crippen LogP contribution is 2.49. The summed E-state index contributed by atoms with van der Waals surface area (Å²) < 4.78 is 27.5.